The molecule has 0 aliphatic heterocycles. The van der Waals surface area contributed by atoms with Gasteiger partial charge in [-0.1, -0.05) is 171 Å². The number of hydrogen-bond donors (Lipinski definition) is 0. The lowest BCUT2D eigenvalue weighted by Crippen LogP contribution is -2.06. The summed E-state index contributed by atoms with van der Waals surface area (Å²) < 4.78 is 0. The molecule has 244 valence electrons. The molecule has 0 N–H and O–H groups in total. The van der Waals surface area contributed by atoms with Gasteiger partial charge in [0.2, 0.25) is 0 Å². The third kappa shape index (κ3) is 8.27. The summed E-state index contributed by atoms with van der Waals surface area (Å²) in [5, 5.41) is 0. The van der Waals surface area contributed by atoms with Crippen molar-refractivity contribution in [2.45, 2.75) is 51.9 Å². The van der Waals surface area contributed by atoms with Gasteiger partial charge >= 0.3 is 0 Å². The first kappa shape index (κ1) is 33.7. The van der Waals surface area contributed by atoms with Crippen LogP contribution in [0.5, 0.6) is 0 Å². The normalized spacial score (nSPS) is 23.8. The van der Waals surface area contributed by atoms with Crippen molar-refractivity contribution in [2.75, 3.05) is 0 Å². The minimum Gasteiger partial charge on any atom is -0.0955 e. The first-order valence-corrected chi connectivity index (χ1v) is 17.7. The molecule has 0 aromatic heterocycles. The molecule has 0 heterocycles. The number of allylic oxidation sites excluding steroid dienone is 19. The highest BCUT2D eigenvalue weighted by atomic mass is 14.2. The Morgan fingerprint density at radius 2 is 1.12 bits per heavy atom. The van der Waals surface area contributed by atoms with Crippen molar-refractivity contribution < 1.29 is 0 Å². The SMILES string of the molecule is C=C1/C=C\C(=C/C)C(=C)/C=C\C(=C)C2CC=C(CC2)c2ccc(cc2)-c2ccc(cc2)-c2ccc(cc2)C2C=CC(=CC2)C/C=C\C1=C/C. The van der Waals surface area contributed by atoms with E-state index in [1.54, 1.807) is 0 Å². The van der Waals surface area contributed by atoms with E-state index in [0.717, 1.165) is 54.4 Å². The van der Waals surface area contributed by atoms with Gasteiger partial charge in [0.05, 0.1) is 0 Å². The second-order valence-electron chi connectivity index (χ2n) is 13.3. The van der Waals surface area contributed by atoms with Gasteiger partial charge in [-0.15, -0.1) is 0 Å². The first-order chi connectivity index (χ1) is 23.9. The maximum absolute atomic E-state index is 4.44. The lowest BCUT2D eigenvalue weighted by Gasteiger charge is -2.23. The highest BCUT2D eigenvalue weighted by Crippen LogP contribution is 2.36. The van der Waals surface area contributed by atoms with Gasteiger partial charge in [-0.2, -0.15) is 0 Å². The molecule has 0 spiro atoms. The van der Waals surface area contributed by atoms with E-state index in [1.165, 1.54) is 50.1 Å². The van der Waals surface area contributed by atoms with Crippen LogP contribution >= 0.6 is 0 Å². The summed E-state index contributed by atoms with van der Waals surface area (Å²) >= 11 is 0. The van der Waals surface area contributed by atoms with Gasteiger partial charge in [0, 0.05) is 5.92 Å². The van der Waals surface area contributed by atoms with E-state index in [9.17, 15) is 0 Å². The number of rotatable bonds is 0. The fourth-order valence-electron chi connectivity index (χ4n) is 6.98. The average molecular weight is 637 g/mol. The second kappa shape index (κ2) is 15.8. The fraction of sp³-hybridized carbons (Fsp3) is 0.184. The summed E-state index contributed by atoms with van der Waals surface area (Å²) in [6.45, 7) is 17.3. The van der Waals surface area contributed by atoms with Gasteiger partial charge in [0.25, 0.3) is 0 Å². The third-order valence-electron chi connectivity index (χ3n) is 10.2. The summed E-state index contributed by atoms with van der Waals surface area (Å²) in [7, 11) is 0. The predicted molar refractivity (Wildman–Crippen MR) is 214 cm³/mol. The van der Waals surface area contributed by atoms with Crippen LogP contribution in [0.15, 0.2) is 199 Å². The summed E-state index contributed by atoms with van der Waals surface area (Å²) in [6, 6.07) is 27.2. The number of benzene rings is 3. The predicted octanol–water partition coefficient (Wildman–Crippen LogP) is 13.8. The highest BCUT2D eigenvalue weighted by Gasteiger charge is 2.17. The van der Waals surface area contributed by atoms with Crippen molar-refractivity contribution in [1.82, 2.24) is 0 Å². The van der Waals surface area contributed by atoms with E-state index in [1.807, 2.05) is 0 Å². The van der Waals surface area contributed by atoms with Crippen LogP contribution in [-0.4, -0.2) is 0 Å². The minimum absolute atomic E-state index is 0.409. The van der Waals surface area contributed by atoms with Crippen molar-refractivity contribution in [1.29, 1.82) is 0 Å². The largest absolute Gasteiger partial charge is 0.0955 e. The molecule has 0 fully saturated rings. The Morgan fingerprint density at radius 3 is 1.65 bits per heavy atom. The zero-order chi connectivity index (χ0) is 34.2. The molecule has 0 nitrogen and oxygen atoms in total. The van der Waals surface area contributed by atoms with Gasteiger partial charge in [-0.25, -0.2) is 0 Å². The summed E-state index contributed by atoms with van der Waals surface area (Å²) in [5.74, 6) is 0.858. The Bertz CT molecular complexity index is 1950. The molecule has 10 bridgehead atoms. The van der Waals surface area contributed by atoms with Gasteiger partial charge in [0.1, 0.15) is 0 Å². The molecule has 12 rings (SSSR count). The van der Waals surface area contributed by atoms with Crippen LogP contribution in [0.3, 0.4) is 0 Å². The molecule has 49 heavy (non-hydrogen) atoms. The molecule has 0 radical (unpaired) electrons. The smallest absolute Gasteiger partial charge is 0.00559 e. The van der Waals surface area contributed by atoms with Crippen molar-refractivity contribution in [3.63, 3.8) is 0 Å². The highest BCUT2D eigenvalue weighted by molar-refractivity contribution is 5.73. The van der Waals surface area contributed by atoms with Crippen LogP contribution in [0.25, 0.3) is 27.8 Å². The maximum atomic E-state index is 4.44. The molecular weight excluding hydrogens is 589 g/mol. The van der Waals surface area contributed by atoms with Crippen LogP contribution in [0.2, 0.25) is 0 Å². The van der Waals surface area contributed by atoms with Crippen molar-refractivity contribution in [2.24, 2.45) is 5.92 Å². The molecule has 0 heteroatoms. The van der Waals surface area contributed by atoms with Crippen LogP contribution in [0.4, 0.5) is 0 Å². The van der Waals surface area contributed by atoms with Crippen LogP contribution in [-0.2, 0) is 0 Å². The molecule has 9 aliphatic carbocycles. The van der Waals surface area contributed by atoms with Crippen LogP contribution in [0.1, 0.15) is 63.0 Å². The van der Waals surface area contributed by atoms with Gasteiger partial charge in [-0.3, -0.25) is 0 Å². The Kier molecular flexibility index (Phi) is 10.9. The van der Waals surface area contributed by atoms with E-state index < -0.39 is 0 Å². The van der Waals surface area contributed by atoms with Crippen molar-refractivity contribution in [3.05, 3.63) is 210 Å². The topological polar surface area (TPSA) is 0 Å². The molecule has 0 saturated heterocycles. The molecule has 9 aliphatic rings. The quantitative estimate of drug-likeness (QED) is 0.230. The Morgan fingerprint density at radius 1 is 0.571 bits per heavy atom. The van der Waals surface area contributed by atoms with Gasteiger partial charge in [0.15, 0.2) is 0 Å². The zero-order valence-electron chi connectivity index (χ0n) is 29.2. The van der Waals surface area contributed by atoms with E-state index in [4.69, 9.17) is 0 Å². The molecule has 0 amide bonds. The number of hydrogen-bond acceptors (Lipinski definition) is 0. The molecule has 0 saturated carbocycles. The minimum atomic E-state index is 0.409. The van der Waals surface area contributed by atoms with Crippen LogP contribution < -0.4 is 0 Å². The van der Waals surface area contributed by atoms with E-state index in [-0.39, 0.29) is 0 Å². The maximum Gasteiger partial charge on any atom is 0.00559 e. The van der Waals surface area contributed by atoms with E-state index in [0.29, 0.717) is 11.8 Å². The summed E-state index contributed by atoms with van der Waals surface area (Å²) in [6.07, 6.45) is 31.7. The molecule has 2 unspecified atom stereocenters. The summed E-state index contributed by atoms with van der Waals surface area (Å²) in [5.41, 5.74) is 15.8. The molecule has 2 atom stereocenters. The van der Waals surface area contributed by atoms with E-state index in [2.05, 4.69) is 179 Å². The van der Waals surface area contributed by atoms with Crippen molar-refractivity contribution in [3.8, 4) is 22.3 Å². The van der Waals surface area contributed by atoms with E-state index >= 15 is 0 Å². The fourth-order valence-corrected chi connectivity index (χ4v) is 6.98. The lowest BCUT2D eigenvalue weighted by molar-refractivity contribution is 0.572. The first-order valence-electron chi connectivity index (χ1n) is 17.7. The van der Waals surface area contributed by atoms with Crippen LogP contribution in [0, 0.1) is 5.92 Å². The van der Waals surface area contributed by atoms with Crippen molar-refractivity contribution >= 4 is 5.57 Å². The standard InChI is InChI=1S/C49H48/c1-6-39-10-8-9-38-14-17-42(18-15-38)44-23-25-46(26-24-44)48-31-33-49(34-32-48)47-29-27-45(28-30-47)43-21-19-41(20-22-43)37(5)12-11-35(3)40(7-2)16-13-36(39)4/h6-8,10-17,21,23-34,41-42H,3-5,9,18-20,22H2,1-2H3/b10-8-,12-11-,16-13-,39-6+,40-7+. The second-order valence-corrected chi connectivity index (χ2v) is 13.3. The average Bonchev–Trinajstić information content (AvgIpc) is 3.16. The third-order valence-corrected chi connectivity index (χ3v) is 10.2. The monoisotopic (exact) mass is 636 g/mol. The molecule has 3 aromatic rings. The Balaban J connectivity index is 1.25. The Hall–Kier alpha value is -5.20. The summed E-state index contributed by atoms with van der Waals surface area (Å²) in [4.78, 5) is 0. The molecular formula is C49H48. The lowest BCUT2D eigenvalue weighted by atomic mass is 9.82. The van der Waals surface area contributed by atoms with Gasteiger partial charge in [-0.05, 0) is 119 Å². The Labute approximate surface area is 294 Å². The number of fused-ring (bicyclic) bond motifs is 3. The zero-order valence-corrected chi connectivity index (χ0v) is 29.2. The molecule has 3 aromatic carbocycles. The van der Waals surface area contributed by atoms with Gasteiger partial charge < -0.3 is 0 Å².